The fourth-order valence-corrected chi connectivity index (χ4v) is 1.81. The molecule has 0 saturated heterocycles. The number of rotatable bonds is 6. The molecule has 0 aliphatic heterocycles. The minimum absolute atomic E-state index is 0.336. The summed E-state index contributed by atoms with van der Waals surface area (Å²) < 4.78 is 25.1. The minimum atomic E-state index is -2.44. The summed E-state index contributed by atoms with van der Waals surface area (Å²) in [6.07, 6.45) is 0.363. The van der Waals surface area contributed by atoms with Crippen LogP contribution < -0.4 is 10.8 Å². The number of carbonyl (C=O) groups excluding carboxylic acids is 2. The molecule has 142 valence electrons. The highest BCUT2D eigenvalue weighted by molar-refractivity contribution is 5.94. The Morgan fingerprint density at radius 1 is 1.27 bits per heavy atom. The molecule has 1 saturated carbocycles. The molecule has 1 aromatic rings. The van der Waals surface area contributed by atoms with Crippen LogP contribution in [0.4, 0.5) is 8.78 Å². The van der Waals surface area contributed by atoms with E-state index >= 15 is 0 Å². The van der Waals surface area contributed by atoms with Gasteiger partial charge in [0.25, 0.3) is 5.91 Å². The van der Waals surface area contributed by atoms with Crippen molar-refractivity contribution in [1.82, 2.24) is 10.8 Å². The van der Waals surface area contributed by atoms with E-state index in [9.17, 15) is 13.6 Å². The summed E-state index contributed by atoms with van der Waals surface area (Å²) in [4.78, 5) is 25.2. The first kappa shape index (κ1) is 21.6. The summed E-state index contributed by atoms with van der Waals surface area (Å²) in [5.74, 6) is 5.53. The topological polar surface area (TPSA) is 67.4 Å². The first-order chi connectivity index (χ1) is 12.4. The number of carbonyl (C=O) groups is 2. The van der Waals surface area contributed by atoms with Gasteiger partial charge >= 0.3 is 0 Å². The Morgan fingerprint density at radius 3 is 2.31 bits per heavy atom. The molecule has 1 aliphatic rings. The summed E-state index contributed by atoms with van der Waals surface area (Å²) in [6, 6.07) is 6.33. The lowest BCUT2D eigenvalue weighted by Gasteiger charge is -2.20. The van der Waals surface area contributed by atoms with Gasteiger partial charge in [0, 0.05) is 29.0 Å². The Labute approximate surface area is 152 Å². The molecule has 0 radical (unpaired) electrons. The molecule has 0 heterocycles. The molecule has 1 fully saturated rings. The number of hydrogen-bond acceptors (Lipinski definition) is 3. The Balaban J connectivity index is 0.000000597. The summed E-state index contributed by atoms with van der Waals surface area (Å²) in [7, 11) is 1.37. The van der Waals surface area contributed by atoms with E-state index < -0.39 is 18.4 Å². The van der Waals surface area contributed by atoms with E-state index in [0.717, 1.165) is 5.56 Å². The number of alkyl halides is 2. The fourth-order valence-electron chi connectivity index (χ4n) is 1.81. The predicted molar refractivity (Wildman–Crippen MR) is 94.3 cm³/mol. The molecule has 1 aromatic carbocycles. The first-order valence-electron chi connectivity index (χ1n) is 8.31. The predicted octanol–water partition coefficient (Wildman–Crippen LogP) is 2.76. The fraction of sp³-hybridized carbons (Fsp3) is 0.474. The average molecular weight is 366 g/mol. The second-order valence-corrected chi connectivity index (χ2v) is 6.02. The van der Waals surface area contributed by atoms with Gasteiger partial charge in [-0.2, -0.15) is 0 Å². The maximum absolute atomic E-state index is 12.6. The third kappa shape index (κ3) is 8.08. The third-order valence-electron chi connectivity index (χ3n) is 3.86. The van der Waals surface area contributed by atoms with Crippen LogP contribution in [-0.2, 0) is 9.63 Å². The van der Waals surface area contributed by atoms with Crippen molar-refractivity contribution >= 4 is 12.3 Å². The van der Waals surface area contributed by atoms with Crippen LogP contribution in [0.5, 0.6) is 0 Å². The molecular weight excluding hydrogens is 342 g/mol. The summed E-state index contributed by atoms with van der Waals surface area (Å²) in [5.41, 5.74) is 3.26. The Kier molecular flexibility index (Phi) is 9.31. The minimum Gasteiger partial charge on any atom is -0.349 e. The molecule has 5 nitrogen and oxygen atoms in total. The zero-order chi connectivity index (χ0) is 19.5. The normalized spacial score (nSPS) is 14.8. The van der Waals surface area contributed by atoms with E-state index in [-0.39, 0.29) is 5.91 Å². The molecule has 0 bridgehead atoms. The van der Waals surface area contributed by atoms with E-state index in [2.05, 4.69) is 22.0 Å². The summed E-state index contributed by atoms with van der Waals surface area (Å²) >= 11 is 0. The number of hydrogen-bond donors (Lipinski definition) is 2. The molecule has 7 heteroatoms. The smallest absolute Gasteiger partial charge is 0.251 e. The van der Waals surface area contributed by atoms with Gasteiger partial charge in [0.1, 0.15) is 0 Å². The van der Waals surface area contributed by atoms with Crippen LogP contribution in [0.3, 0.4) is 0 Å². The molecule has 2 unspecified atom stereocenters. The highest BCUT2D eigenvalue weighted by Gasteiger charge is 2.23. The first-order valence-corrected chi connectivity index (χ1v) is 8.31. The van der Waals surface area contributed by atoms with Gasteiger partial charge in [0.2, 0.25) is 12.8 Å². The van der Waals surface area contributed by atoms with Crippen molar-refractivity contribution in [3.05, 3.63) is 35.4 Å². The van der Waals surface area contributed by atoms with Crippen molar-refractivity contribution in [2.24, 2.45) is 11.8 Å². The van der Waals surface area contributed by atoms with Gasteiger partial charge in [-0.25, -0.2) is 14.3 Å². The van der Waals surface area contributed by atoms with E-state index in [1.807, 2.05) is 5.48 Å². The van der Waals surface area contributed by atoms with E-state index in [1.54, 1.807) is 31.2 Å². The monoisotopic (exact) mass is 366 g/mol. The second-order valence-electron chi connectivity index (χ2n) is 6.02. The lowest BCUT2D eigenvalue weighted by Crippen LogP contribution is -2.39. The molecule has 2 rings (SSSR count). The molecule has 2 amide bonds. The van der Waals surface area contributed by atoms with Crippen LogP contribution >= 0.6 is 0 Å². The van der Waals surface area contributed by atoms with E-state index in [1.165, 1.54) is 26.9 Å². The van der Waals surface area contributed by atoms with E-state index in [4.69, 9.17) is 4.79 Å². The molecular formula is C19H24F2N2O3. The van der Waals surface area contributed by atoms with Gasteiger partial charge in [-0.3, -0.25) is 14.4 Å². The number of nitrogens with one attached hydrogen (secondary N) is 2. The number of hydroxylamine groups is 1. The SMILES string of the molecule is CC(NC(=O)c1ccc(C#CC2CC2)cc1)C(C)C(F)F.CONC=O. The van der Waals surface area contributed by atoms with Crippen LogP contribution in [0.25, 0.3) is 0 Å². The number of halogens is 2. The van der Waals surface area contributed by atoms with Gasteiger partial charge in [0.05, 0.1) is 7.11 Å². The quantitative estimate of drug-likeness (QED) is 0.462. The summed E-state index contributed by atoms with van der Waals surface area (Å²) in [6.45, 7) is 3.01. The van der Waals surface area contributed by atoms with Crippen molar-refractivity contribution in [2.75, 3.05) is 7.11 Å². The van der Waals surface area contributed by atoms with Crippen molar-refractivity contribution < 1.29 is 23.2 Å². The lowest BCUT2D eigenvalue weighted by molar-refractivity contribution is -0.118. The zero-order valence-electron chi connectivity index (χ0n) is 15.1. The van der Waals surface area contributed by atoms with E-state index in [0.29, 0.717) is 17.9 Å². The molecule has 1 aliphatic carbocycles. The Bertz CT molecular complexity index is 634. The zero-order valence-corrected chi connectivity index (χ0v) is 15.1. The van der Waals surface area contributed by atoms with Gasteiger partial charge in [0.15, 0.2) is 0 Å². The summed E-state index contributed by atoms with van der Waals surface area (Å²) in [5, 5.41) is 2.60. The molecule has 26 heavy (non-hydrogen) atoms. The van der Waals surface area contributed by atoms with Gasteiger partial charge in [-0.05, 0) is 44.0 Å². The standard InChI is InChI=1S/C17H19F2NO.C2H5NO2/c1-11(16(18)19)12(2)20-17(21)15-9-7-14(8-10-15)6-5-13-3-4-13;1-5-3-2-4/h7-13,16H,3-4H2,1-2H3,(H,20,21);2H,1H3,(H,3,4). The maximum atomic E-state index is 12.6. The Morgan fingerprint density at radius 2 is 1.88 bits per heavy atom. The van der Waals surface area contributed by atoms with Crippen molar-refractivity contribution in [3.63, 3.8) is 0 Å². The van der Waals surface area contributed by atoms with Gasteiger partial charge < -0.3 is 5.32 Å². The lowest BCUT2D eigenvalue weighted by atomic mass is 10.0. The van der Waals surface area contributed by atoms with Crippen LogP contribution in [0.2, 0.25) is 0 Å². The van der Waals surface area contributed by atoms with Crippen LogP contribution in [-0.4, -0.2) is 31.9 Å². The average Bonchev–Trinajstić information content (AvgIpc) is 3.45. The van der Waals surface area contributed by atoms with Crippen molar-refractivity contribution in [2.45, 2.75) is 39.2 Å². The number of amides is 2. The highest BCUT2D eigenvalue weighted by Crippen LogP contribution is 2.27. The number of benzene rings is 1. The molecule has 0 spiro atoms. The molecule has 2 N–H and O–H groups in total. The molecule has 2 atom stereocenters. The Hall–Kier alpha value is -2.46. The maximum Gasteiger partial charge on any atom is 0.251 e. The molecule has 0 aromatic heterocycles. The van der Waals surface area contributed by atoms with Crippen LogP contribution in [0, 0.1) is 23.7 Å². The second kappa shape index (κ2) is 11.2. The van der Waals surface area contributed by atoms with Crippen molar-refractivity contribution in [3.8, 4) is 11.8 Å². The van der Waals surface area contributed by atoms with Gasteiger partial charge in [-0.15, -0.1) is 0 Å². The van der Waals surface area contributed by atoms with Crippen molar-refractivity contribution in [1.29, 1.82) is 0 Å². The third-order valence-corrected chi connectivity index (χ3v) is 3.86. The van der Waals surface area contributed by atoms with Crippen LogP contribution in [0.15, 0.2) is 24.3 Å². The van der Waals surface area contributed by atoms with Crippen LogP contribution in [0.1, 0.15) is 42.6 Å². The highest BCUT2D eigenvalue weighted by atomic mass is 19.3. The van der Waals surface area contributed by atoms with Gasteiger partial charge in [-0.1, -0.05) is 18.8 Å². The largest absolute Gasteiger partial charge is 0.349 e.